The van der Waals surface area contributed by atoms with E-state index in [1.807, 2.05) is 13.0 Å². The van der Waals surface area contributed by atoms with Gasteiger partial charge in [-0.2, -0.15) is 0 Å². The monoisotopic (exact) mass is 325 g/mol. The largest absolute Gasteiger partial charge is 0.494 e. The lowest BCUT2D eigenvalue weighted by molar-refractivity contribution is -0.116. The molecular formula is C18H19N3O3. The molecule has 0 atom stereocenters. The molecular weight excluding hydrogens is 306 g/mol. The lowest BCUT2D eigenvalue weighted by atomic mass is 10.0. The summed E-state index contributed by atoms with van der Waals surface area (Å²) in [5.74, 6) is 0.789. The van der Waals surface area contributed by atoms with Gasteiger partial charge >= 0.3 is 6.03 Å². The third-order valence-corrected chi connectivity index (χ3v) is 3.68. The first-order chi connectivity index (χ1) is 11.6. The van der Waals surface area contributed by atoms with Gasteiger partial charge in [0.1, 0.15) is 5.75 Å². The molecule has 2 aromatic rings. The molecule has 1 aliphatic heterocycles. The fourth-order valence-electron chi connectivity index (χ4n) is 2.56. The number of carbonyl (C=O) groups is 2. The Hall–Kier alpha value is -3.02. The lowest BCUT2D eigenvalue weighted by Gasteiger charge is -2.18. The molecule has 0 radical (unpaired) electrons. The van der Waals surface area contributed by atoms with Crippen molar-refractivity contribution >= 4 is 29.0 Å². The Labute approximate surface area is 140 Å². The molecule has 3 amide bonds. The number of hydrogen-bond donors (Lipinski definition) is 3. The molecule has 0 unspecified atom stereocenters. The van der Waals surface area contributed by atoms with Crippen LogP contribution in [0.15, 0.2) is 42.5 Å². The van der Waals surface area contributed by atoms with Gasteiger partial charge in [0.15, 0.2) is 0 Å². The predicted octanol–water partition coefficient (Wildman–Crippen LogP) is 3.61. The molecule has 3 N–H and O–H groups in total. The second-order valence-electron chi connectivity index (χ2n) is 5.46. The molecule has 0 aromatic heterocycles. The number of nitrogens with one attached hydrogen (secondary N) is 3. The van der Waals surface area contributed by atoms with Crippen molar-refractivity contribution in [1.29, 1.82) is 0 Å². The van der Waals surface area contributed by atoms with Crippen molar-refractivity contribution < 1.29 is 14.3 Å². The molecule has 0 spiro atoms. The highest BCUT2D eigenvalue weighted by Gasteiger charge is 2.15. The van der Waals surface area contributed by atoms with Gasteiger partial charge in [0.25, 0.3) is 0 Å². The van der Waals surface area contributed by atoms with Crippen molar-refractivity contribution in [3.05, 3.63) is 48.0 Å². The summed E-state index contributed by atoms with van der Waals surface area (Å²) >= 11 is 0. The number of ether oxygens (including phenoxy) is 1. The highest BCUT2D eigenvalue weighted by atomic mass is 16.5. The minimum absolute atomic E-state index is 0.0245. The van der Waals surface area contributed by atoms with Crippen LogP contribution in [0.2, 0.25) is 0 Å². The van der Waals surface area contributed by atoms with Crippen LogP contribution in [0.4, 0.5) is 21.9 Å². The second-order valence-corrected chi connectivity index (χ2v) is 5.46. The number of anilines is 3. The maximum absolute atomic E-state index is 12.1. The van der Waals surface area contributed by atoms with Gasteiger partial charge in [-0.15, -0.1) is 0 Å². The molecule has 2 aromatic carbocycles. The van der Waals surface area contributed by atoms with Gasteiger partial charge in [0, 0.05) is 23.5 Å². The SMILES string of the molecule is CCOc1ccc(NC(=O)Nc2ccc3c(c2)CCC(=O)N3)cc1. The Morgan fingerprint density at radius 3 is 2.54 bits per heavy atom. The van der Waals surface area contributed by atoms with Gasteiger partial charge in [0.2, 0.25) is 5.91 Å². The number of rotatable bonds is 4. The first kappa shape index (κ1) is 15.9. The van der Waals surface area contributed by atoms with E-state index in [0.29, 0.717) is 30.8 Å². The van der Waals surface area contributed by atoms with Gasteiger partial charge in [-0.25, -0.2) is 4.79 Å². The summed E-state index contributed by atoms with van der Waals surface area (Å²) in [6.45, 7) is 2.52. The average Bonchev–Trinajstić information content (AvgIpc) is 2.57. The van der Waals surface area contributed by atoms with Crippen LogP contribution in [-0.2, 0) is 11.2 Å². The number of aryl methyl sites for hydroxylation is 1. The summed E-state index contributed by atoms with van der Waals surface area (Å²) in [6.07, 6.45) is 1.14. The van der Waals surface area contributed by atoms with Crippen molar-refractivity contribution in [2.45, 2.75) is 19.8 Å². The van der Waals surface area contributed by atoms with Crippen molar-refractivity contribution in [2.75, 3.05) is 22.6 Å². The molecule has 1 heterocycles. The van der Waals surface area contributed by atoms with Crippen LogP contribution in [0.25, 0.3) is 0 Å². The summed E-state index contributed by atoms with van der Waals surface area (Å²) in [4.78, 5) is 23.4. The Balaban J connectivity index is 1.61. The van der Waals surface area contributed by atoms with E-state index in [1.165, 1.54) is 0 Å². The van der Waals surface area contributed by atoms with Crippen molar-refractivity contribution in [2.24, 2.45) is 0 Å². The number of carbonyl (C=O) groups excluding carboxylic acids is 2. The van der Waals surface area contributed by atoms with Gasteiger partial charge in [-0.05, 0) is 61.4 Å². The van der Waals surface area contributed by atoms with E-state index in [2.05, 4.69) is 16.0 Å². The van der Waals surface area contributed by atoms with Crippen LogP contribution in [0.1, 0.15) is 18.9 Å². The standard InChI is InChI=1S/C18H19N3O3/c1-2-24-15-7-4-13(5-8-15)19-18(23)20-14-6-9-16-12(11-14)3-10-17(22)21-16/h4-9,11H,2-3,10H2,1H3,(H,21,22)(H2,19,20,23). The van der Waals surface area contributed by atoms with Crippen LogP contribution in [0.3, 0.4) is 0 Å². The quantitative estimate of drug-likeness (QED) is 0.803. The fourth-order valence-corrected chi connectivity index (χ4v) is 2.56. The minimum Gasteiger partial charge on any atom is -0.494 e. The zero-order chi connectivity index (χ0) is 16.9. The van der Waals surface area contributed by atoms with E-state index in [4.69, 9.17) is 4.74 Å². The molecule has 6 heteroatoms. The Kier molecular flexibility index (Phi) is 4.65. The van der Waals surface area contributed by atoms with Crippen LogP contribution >= 0.6 is 0 Å². The van der Waals surface area contributed by atoms with Gasteiger partial charge < -0.3 is 20.7 Å². The third-order valence-electron chi connectivity index (χ3n) is 3.68. The number of fused-ring (bicyclic) bond motifs is 1. The summed E-state index contributed by atoms with van der Waals surface area (Å²) in [5, 5.41) is 8.39. The van der Waals surface area contributed by atoms with Gasteiger partial charge in [-0.1, -0.05) is 0 Å². The molecule has 6 nitrogen and oxygen atoms in total. The van der Waals surface area contributed by atoms with E-state index in [0.717, 1.165) is 17.0 Å². The summed E-state index contributed by atoms with van der Waals surface area (Å²) in [7, 11) is 0. The van der Waals surface area contributed by atoms with Gasteiger partial charge in [-0.3, -0.25) is 4.79 Å². The Bertz CT molecular complexity index is 757. The zero-order valence-corrected chi connectivity index (χ0v) is 13.4. The molecule has 3 rings (SSSR count). The van der Waals surface area contributed by atoms with E-state index in [9.17, 15) is 9.59 Å². The summed E-state index contributed by atoms with van der Waals surface area (Å²) in [6, 6.07) is 12.3. The summed E-state index contributed by atoms with van der Waals surface area (Å²) in [5.41, 5.74) is 3.20. The maximum Gasteiger partial charge on any atom is 0.323 e. The predicted molar refractivity (Wildman–Crippen MR) is 93.6 cm³/mol. The molecule has 1 aliphatic rings. The number of urea groups is 1. The molecule has 124 valence electrons. The van der Waals surface area contributed by atoms with Crippen LogP contribution in [0, 0.1) is 0 Å². The highest BCUT2D eigenvalue weighted by Crippen LogP contribution is 2.25. The Morgan fingerprint density at radius 1 is 1.08 bits per heavy atom. The zero-order valence-electron chi connectivity index (χ0n) is 13.4. The highest BCUT2D eigenvalue weighted by molar-refractivity contribution is 6.00. The summed E-state index contributed by atoms with van der Waals surface area (Å²) < 4.78 is 5.36. The van der Waals surface area contributed by atoms with Crippen molar-refractivity contribution in [1.82, 2.24) is 0 Å². The van der Waals surface area contributed by atoms with E-state index in [-0.39, 0.29) is 11.9 Å². The first-order valence-corrected chi connectivity index (χ1v) is 7.87. The number of amides is 3. The number of hydrogen-bond acceptors (Lipinski definition) is 3. The smallest absolute Gasteiger partial charge is 0.323 e. The maximum atomic E-state index is 12.1. The third kappa shape index (κ3) is 3.84. The van der Waals surface area contributed by atoms with Gasteiger partial charge in [0.05, 0.1) is 6.61 Å². The second kappa shape index (κ2) is 7.04. The van der Waals surface area contributed by atoms with Crippen LogP contribution in [-0.4, -0.2) is 18.5 Å². The van der Waals surface area contributed by atoms with Crippen LogP contribution < -0.4 is 20.7 Å². The normalized spacial score (nSPS) is 12.8. The molecule has 24 heavy (non-hydrogen) atoms. The first-order valence-electron chi connectivity index (χ1n) is 7.87. The topological polar surface area (TPSA) is 79.5 Å². The molecule has 0 aliphatic carbocycles. The molecule has 0 fully saturated rings. The van der Waals surface area contributed by atoms with E-state index in [1.54, 1.807) is 36.4 Å². The van der Waals surface area contributed by atoms with Crippen LogP contribution in [0.5, 0.6) is 5.75 Å². The average molecular weight is 325 g/mol. The van der Waals surface area contributed by atoms with Crippen molar-refractivity contribution in [3.63, 3.8) is 0 Å². The minimum atomic E-state index is -0.320. The molecule has 0 bridgehead atoms. The fraction of sp³-hybridized carbons (Fsp3) is 0.222. The Morgan fingerprint density at radius 2 is 1.79 bits per heavy atom. The molecule has 0 saturated carbocycles. The van der Waals surface area contributed by atoms with E-state index < -0.39 is 0 Å². The number of benzene rings is 2. The lowest BCUT2D eigenvalue weighted by Crippen LogP contribution is -2.21. The van der Waals surface area contributed by atoms with E-state index >= 15 is 0 Å². The molecule has 0 saturated heterocycles. The van der Waals surface area contributed by atoms with Crippen molar-refractivity contribution in [3.8, 4) is 5.75 Å².